The highest BCUT2D eigenvalue weighted by molar-refractivity contribution is 5.85. The number of benzene rings is 2. The minimum atomic E-state index is -0.992. The molecular weight excluding hydrogens is 310 g/mol. The number of carboxylic acids is 1. The molecule has 1 aromatic heterocycles. The molecule has 6 nitrogen and oxygen atoms in total. The van der Waals surface area contributed by atoms with Gasteiger partial charge in [0.15, 0.2) is 5.58 Å². The molecule has 122 valence electrons. The van der Waals surface area contributed by atoms with Crippen molar-refractivity contribution in [3.05, 3.63) is 70.7 Å². The lowest BCUT2D eigenvalue weighted by Gasteiger charge is -2.07. The zero-order valence-corrected chi connectivity index (χ0v) is 12.7. The van der Waals surface area contributed by atoms with E-state index in [2.05, 4.69) is 0 Å². The van der Waals surface area contributed by atoms with Crippen LogP contribution in [-0.2, 0) is 11.3 Å². The summed E-state index contributed by atoms with van der Waals surface area (Å²) in [7, 11) is 0. The van der Waals surface area contributed by atoms with Crippen molar-refractivity contribution in [1.82, 2.24) is 4.57 Å². The molecule has 3 aromatic rings. The molecule has 0 amide bonds. The molecule has 0 bridgehead atoms. The molecule has 1 N–H and O–H groups in total. The highest BCUT2D eigenvalue weighted by Gasteiger charge is 2.08. The van der Waals surface area contributed by atoms with Crippen molar-refractivity contribution < 1.29 is 19.1 Å². The number of carboxylic acid groups (broad SMARTS) is 1. The summed E-state index contributed by atoms with van der Waals surface area (Å²) in [6.45, 7) is 0.685. The number of aliphatic carboxylic acids is 1. The first kappa shape index (κ1) is 15.6. The molecule has 0 saturated carbocycles. The maximum Gasteiger partial charge on any atom is 0.420 e. The molecule has 1 heterocycles. The first-order chi connectivity index (χ1) is 11.6. The van der Waals surface area contributed by atoms with Crippen LogP contribution in [0, 0.1) is 0 Å². The van der Waals surface area contributed by atoms with E-state index < -0.39 is 11.7 Å². The lowest BCUT2D eigenvalue weighted by Crippen LogP contribution is -2.18. The van der Waals surface area contributed by atoms with E-state index in [0.717, 1.165) is 17.2 Å². The summed E-state index contributed by atoms with van der Waals surface area (Å²) >= 11 is 0. The zero-order chi connectivity index (χ0) is 16.9. The third-order valence-electron chi connectivity index (χ3n) is 3.46. The van der Waals surface area contributed by atoms with Crippen LogP contribution in [0.2, 0.25) is 0 Å². The van der Waals surface area contributed by atoms with Gasteiger partial charge in [0.05, 0.1) is 12.1 Å². The van der Waals surface area contributed by atoms with Crippen molar-refractivity contribution in [1.29, 1.82) is 0 Å². The van der Waals surface area contributed by atoms with E-state index in [1.165, 1.54) is 10.6 Å². The molecular formula is C18H15NO5. The van der Waals surface area contributed by atoms with Gasteiger partial charge in [-0.2, -0.15) is 0 Å². The van der Waals surface area contributed by atoms with Gasteiger partial charge in [0.25, 0.3) is 0 Å². The van der Waals surface area contributed by atoms with Gasteiger partial charge in [-0.3, -0.25) is 4.57 Å². The Balaban J connectivity index is 1.63. The fourth-order valence-electron chi connectivity index (χ4n) is 2.32. The summed E-state index contributed by atoms with van der Waals surface area (Å²) in [6.07, 6.45) is 2.58. The van der Waals surface area contributed by atoms with Gasteiger partial charge in [-0.05, 0) is 35.9 Å². The van der Waals surface area contributed by atoms with Crippen LogP contribution < -0.4 is 10.5 Å². The number of aromatic nitrogens is 1. The number of ether oxygens (including phenoxy) is 1. The topological polar surface area (TPSA) is 81.7 Å². The number of carbonyl (C=O) groups is 1. The van der Waals surface area contributed by atoms with Gasteiger partial charge < -0.3 is 14.3 Å². The van der Waals surface area contributed by atoms with E-state index in [9.17, 15) is 9.59 Å². The van der Waals surface area contributed by atoms with Crippen molar-refractivity contribution in [3.8, 4) is 5.75 Å². The standard InChI is InChI=1S/C18H15NO5/c20-17(21)10-7-13-5-8-14(9-6-13)23-12-11-19-15-3-1-2-4-16(15)24-18(19)22/h1-10H,11-12H2,(H,20,21). The van der Waals surface area contributed by atoms with Crippen LogP contribution >= 0.6 is 0 Å². The Bertz CT molecular complexity index is 934. The van der Waals surface area contributed by atoms with Crippen LogP contribution in [0.5, 0.6) is 5.75 Å². The van der Waals surface area contributed by atoms with Crippen LogP contribution in [0.15, 0.2) is 63.8 Å². The Kier molecular flexibility index (Phi) is 4.47. The van der Waals surface area contributed by atoms with Gasteiger partial charge in [0.1, 0.15) is 12.4 Å². The smallest absolute Gasteiger partial charge is 0.420 e. The number of hydrogen-bond acceptors (Lipinski definition) is 4. The monoisotopic (exact) mass is 325 g/mol. The van der Waals surface area contributed by atoms with Crippen LogP contribution in [0.4, 0.5) is 0 Å². The number of nitrogens with zero attached hydrogens (tertiary/aromatic N) is 1. The van der Waals surface area contributed by atoms with Crippen molar-refractivity contribution in [2.75, 3.05) is 6.61 Å². The number of hydrogen-bond donors (Lipinski definition) is 1. The second-order valence-electron chi connectivity index (χ2n) is 5.08. The summed E-state index contributed by atoms with van der Waals surface area (Å²) < 4.78 is 12.3. The van der Waals surface area contributed by atoms with E-state index in [-0.39, 0.29) is 0 Å². The Morgan fingerprint density at radius 1 is 1.17 bits per heavy atom. The minimum Gasteiger partial charge on any atom is -0.492 e. The minimum absolute atomic E-state index is 0.313. The first-order valence-electron chi connectivity index (χ1n) is 7.36. The molecule has 0 unspecified atom stereocenters. The number of para-hydroxylation sites is 2. The molecule has 24 heavy (non-hydrogen) atoms. The molecule has 0 saturated heterocycles. The van der Waals surface area contributed by atoms with E-state index in [4.69, 9.17) is 14.3 Å². The second kappa shape index (κ2) is 6.87. The lowest BCUT2D eigenvalue weighted by atomic mass is 10.2. The van der Waals surface area contributed by atoms with Gasteiger partial charge in [0, 0.05) is 6.08 Å². The number of oxazole rings is 1. The van der Waals surface area contributed by atoms with E-state index >= 15 is 0 Å². The molecule has 0 aliphatic carbocycles. The van der Waals surface area contributed by atoms with Crippen LogP contribution in [0.25, 0.3) is 17.2 Å². The second-order valence-corrected chi connectivity index (χ2v) is 5.08. The predicted octanol–water partition coefficient (Wildman–Crippen LogP) is 2.77. The molecule has 0 radical (unpaired) electrons. The molecule has 0 atom stereocenters. The van der Waals surface area contributed by atoms with Gasteiger partial charge >= 0.3 is 11.7 Å². The SMILES string of the molecule is O=C(O)C=Cc1ccc(OCCn2c(=O)oc3ccccc32)cc1. The van der Waals surface area contributed by atoms with Gasteiger partial charge in [-0.25, -0.2) is 9.59 Å². The van der Waals surface area contributed by atoms with Crippen molar-refractivity contribution in [2.24, 2.45) is 0 Å². The molecule has 6 heteroatoms. The summed E-state index contributed by atoms with van der Waals surface area (Å²) in [5, 5.41) is 8.59. The summed E-state index contributed by atoms with van der Waals surface area (Å²) in [4.78, 5) is 22.3. The van der Waals surface area contributed by atoms with Crippen LogP contribution in [-0.4, -0.2) is 22.2 Å². The highest BCUT2D eigenvalue weighted by Crippen LogP contribution is 2.14. The molecule has 0 aliphatic rings. The van der Waals surface area contributed by atoms with E-state index in [1.54, 1.807) is 30.3 Å². The van der Waals surface area contributed by atoms with E-state index in [0.29, 0.717) is 24.5 Å². The van der Waals surface area contributed by atoms with Crippen molar-refractivity contribution in [2.45, 2.75) is 6.54 Å². The predicted molar refractivity (Wildman–Crippen MR) is 89.1 cm³/mol. The van der Waals surface area contributed by atoms with Gasteiger partial charge in [-0.15, -0.1) is 0 Å². The van der Waals surface area contributed by atoms with E-state index in [1.807, 2.05) is 18.2 Å². The quantitative estimate of drug-likeness (QED) is 0.705. The summed E-state index contributed by atoms with van der Waals surface area (Å²) in [6, 6.07) is 14.2. The molecule has 3 rings (SSSR count). The molecule has 2 aromatic carbocycles. The Morgan fingerprint density at radius 3 is 2.67 bits per heavy atom. The molecule has 0 spiro atoms. The van der Waals surface area contributed by atoms with Gasteiger partial charge in [0.2, 0.25) is 0 Å². The zero-order valence-electron chi connectivity index (χ0n) is 12.7. The Hall–Kier alpha value is -3.28. The maximum atomic E-state index is 11.8. The first-order valence-corrected chi connectivity index (χ1v) is 7.36. The Labute approximate surface area is 137 Å². The summed E-state index contributed by atoms with van der Waals surface area (Å²) in [5.41, 5.74) is 2.05. The lowest BCUT2D eigenvalue weighted by molar-refractivity contribution is -0.131. The average molecular weight is 325 g/mol. The fourth-order valence-corrected chi connectivity index (χ4v) is 2.32. The van der Waals surface area contributed by atoms with Gasteiger partial charge in [-0.1, -0.05) is 24.3 Å². The molecule has 0 aliphatic heterocycles. The molecule has 0 fully saturated rings. The third kappa shape index (κ3) is 3.55. The van der Waals surface area contributed by atoms with Crippen LogP contribution in [0.3, 0.4) is 0 Å². The summed E-state index contributed by atoms with van der Waals surface area (Å²) in [5.74, 6) is -0.759. The van der Waals surface area contributed by atoms with Crippen LogP contribution in [0.1, 0.15) is 5.56 Å². The Morgan fingerprint density at radius 2 is 1.92 bits per heavy atom. The van der Waals surface area contributed by atoms with Crippen molar-refractivity contribution in [3.63, 3.8) is 0 Å². The number of rotatable bonds is 6. The third-order valence-corrected chi connectivity index (χ3v) is 3.46. The normalized spacial score (nSPS) is 11.2. The number of fused-ring (bicyclic) bond motifs is 1. The van der Waals surface area contributed by atoms with Crippen molar-refractivity contribution >= 4 is 23.1 Å². The highest BCUT2D eigenvalue weighted by atomic mass is 16.5. The average Bonchev–Trinajstić information content (AvgIpc) is 2.90. The largest absolute Gasteiger partial charge is 0.492 e. The maximum absolute atomic E-state index is 11.8. The fraction of sp³-hybridized carbons (Fsp3) is 0.111.